The number of halogens is 1. The average molecular weight is 587 g/mol. The molecule has 0 radical (unpaired) electrons. The summed E-state index contributed by atoms with van der Waals surface area (Å²) in [5.41, 5.74) is 3.00. The molecule has 1 saturated carbocycles. The van der Waals surface area contributed by atoms with Crippen molar-refractivity contribution in [1.29, 1.82) is 0 Å². The summed E-state index contributed by atoms with van der Waals surface area (Å²) in [6, 6.07) is 11.0. The van der Waals surface area contributed by atoms with E-state index < -0.39 is 27.3 Å². The first-order valence-electron chi connectivity index (χ1n) is 14.3. The lowest BCUT2D eigenvalue weighted by molar-refractivity contribution is -0.0466. The topological polar surface area (TPSA) is 95.9 Å². The maximum Gasteiger partial charge on any atom is 0.264 e. The van der Waals surface area contributed by atoms with Gasteiger partial charge in [-0.05, 0) is 99.2 Å². The summed E-state index contributed by atoms with van der Waals surface area (Å²) in [7, 11) is -3.87. The number of hydrogen-bond donors (Lipinski definition) is 2. The molecule has 0 saturated heterocycles. The number of aryl methyl sites for hydroxylation is 1. The van der Waals surface area contributed by atoms with Gasteiger partial charge in [0.2, 0.25) is 10.0 Å². The van der Waals surface area contributed by atoms with Crippen molar-refractivity contribution in [3.8, 4) is 5.75 Å². The molecular weight excluding hydrogens is 548 g/mol. The van der Waals surface area contributed by atoms with Crippen molar-refractivity contribution < 1.29 is 23.1 Å². The van der Waals surface area contributed by atoms with E-state index in [-0.39, 0.29) is 16.9 Å². The molecule has 216 valence electrons. The number of fused-ring (bicyclic) bond motifs is 3. The Morgan fingerprint density at radius 2 is 1.95 bits per heavy atom. The van der Waals surface area contributed by atoms with Gasteiger partial charge in [0.15, 0.2) is 0 Å². The summed E-state index contributed by atoms with van der Waals surface area (Å²) in [5, 5.41) is 11.1. The zero-order valence-corrected chi connectivity index (χ0v) is 24.8. The van der Waals surface area contributed by atoms with Gasteiger partial charge in [0.1, 0.15) is 12.4 Å². The first-order valence-corrected chi connectivity index (χ1v) is 16.2. The maximum absolute atomic E-state index is 13.2. The number of benzene rings is 2. The van der Waals surface area contributed by atoms with Crippen LogP contribution >= 0.6 is 11.6 Å². The summed E-state index contributed by atoms with van der Waals surface area (Å²) in [6.07, 6.45) is 8.62. The van der Waals surface area contributed by atoms with E-state index in [1.165, 1.54) is 5.56 Å². The molecule has 2 N–H and O–H groups in total. The van der Waals surface area contributed by atoms with Crippen molar-refractivity contribution >= 4 is 33.2 Å². The minimum Gasteiger partial charge on any atom is -0.487 e. The fourth-order valence-electron chi connectivity index (χ4n) is 6.06. The van der Waals surface area contributed by atoms with Crippen molar-refractivity contribution in [3.05, 3.63) is 70.3 Å². The molecule has 2 bridgehead atoms. The Balaban J connectivity index is 1.55. The van der Waals surface area contributed by atoms with Crippen molar-refractivity contribution in [2.45, 2.75) is 76.8 Å². The highest BCUT2D eigenvalue weighted by Gasteiger charge is 2.47. The number of carbonyl (C=O) groups is 1. The third-order valence-electron chi connectivity index (χ3n) is 9.14. The van der Waals surface area contributed by atoms with Gasteiger partial charge in [0.25, 0.3) is 5.91 Å². The lowest BCUT2D eigenvalue weighted by atomic mass is 9.58. The molecule has 2 heterocycles. The van der Waals surface area contributed by atoms with E-state index in [1.54, 1.807) is 25.1 Å². The van der Waals surface area contributed by atoms with Crippen LogP contribution in [0.2, 0.25) is 5.02 Å². The fourth-order valence-corrected chi connectivity index (χ4v) is 7.28. The van der Waals surface area contributed by atoms with Crippen LogP contribution in [0.5, 0.6) is 5.75 Å². The van der Waals surface area contributed by atoms with Gasteiger partial charge in [-0.3, -0.25) is 4.79 Å². The second-order valence-corrected chi connectivity index (χ2v) is 14.3. The van der Waals surface area contributed by atoms with Gasteiger partial charge in [0.05, 0.1) is 17.0 Å². The lowest BCUT2D eigenvalue weighted by Gasteiger charge is -2.51. The Morgan fingerprint density at radius 3 is 2.73 bits per heavy atom. The van der Waals surface area contributed by atoms with Crippen molar-refractivity contribution in [1.82, 2.24) is 4.72 Å². The number of nitrogens with one attached hydrogen (secondary N) is 1. The molecule has 9 heteroatoms. The summed E-state index contributed by atoms with van der Waals surface area (Å²) < 4.78 is 34.5. The maximum atomic E-state index is 13.2. The zero-order valence-electron chi connectivity index (χ0n) is 23.2. The van der Waals surface area contributed by atoms with Crippen LogP contribution in [0.25, 0.3) is 0 Å². The van der Waals surface area contributed by atoms with Crippen molar-refractivity contribution in [3.63, 3.8) is 0 Å². The van der Waals surface area contributed by atoms with Crippen LogP contribution in [0.4, 0.5) is 5.69 Å². The largest absolute Gasteiger partial charge is 0.487 e. The van der Waals surface area contributed by atoms with E-state index in [0.29, 0.717) is 36.8 Å². The van der Waals surface area contributed by atoms with Crippen molar-refractivity contribution in [2.24, 2.45) is 11.3 Å². The van der Waals surface area contributed by atoms with Crippen LogP contribution in [-0.2, 0) is 23.1 Å². The standard InChI is InChI=1S/C31H39ClN2O5S/c1-21-7-3-4-9-29(35)31(2)15-14-25(31)19-34-16-6-5-8-22-17-26(32)12-10-24(22)20-39-28-13-11-23(18-27(28)34)30(36)33-40(21,37)38/h4,9-13,17-18,21,25,29,35H,3,5-8,14-16,19-20H2,1-2H3,(H,33,36)/b9-4+/t21-,25-,29+,31+/m1/s1. The fraction of sp³-hybridized carbons (Fsp3) is 0.516. The molecule has 1 fully saturated rings. The monoisotopic (exact) mass is 586 g/mol. The lowest BCUT2D eigenvalue weighted by Crippen LogP contribution is -2.51. The highest BCUT2D eigenvalue weighted by molar-refractivity contribution is 7.90. The third kappa shape index (κ3) is 6.04. The predicted molar refractivity (Wildman–Crippen MR) is 158 cm³/mol. The van der Waals surface area contributed by atoms with Crippen LogP contribution in [-0.4, -0.2) is 43.9 Å². The molecule has 0 unspecified atom stereocenters. The molecule has 2 aromatic rings. The smallest absolute Gasteiger partial charge is 0.264 e. The number of allylic oxidation sites excluding steroid dienone is 1. The van der Waals surface area contributed by atoms with Crippen LogP contribution in [0, 0.1) is 11.3 Å². The summed E-state index contributed by atoms with van der Waals surface area (Å²) in [6.45, 7) is 5.54. The van der Waals surface area contributed by atoms with Gasteiger partial charge in [-0.2, -0.15) is 0 Å². The number of carbonyl (C=O) groups excluding carboxylic acids is 1. The van der Waals surface area contributed by atoms with Crippen LogP contribution in [0.1, 0.15) is 73.9 Å². The second-order valence-electron chi connectivity index (χ2n) is 11.8. The molecule has 2 aliphatic heterocycles. The van der Waals surface area contributed by atoms with E-state index in [2.05, 4.69) is 16.5 Å². The number of ether oxygens (including phenoxy) is 1. The minimum atomic E-state index is -3.87. The molecule has 1 amide bonds. The predicted octanol–water partition coefficient (Wildman–Crippen LogP) is 5.64. The Bertz CT molecular complexity index is 1390. The molecule has 4 atom stereocenters. The summed E-state index contributed by atoms with van der Waals surface area (Å²) in [4.78, 5) is 15.5. The van der Waals surface area contributed by atoms with E-state index >= 15 is 0 Å². The number of aliphatic hydroxyl groups excluding tert-OH is 1. The molecule has 5 rings (SSSR count). The number of nitrogens with zero attached hydrogens (tertiary/aromatic N) is 1. The minimum absolute atomic E-state index is 0.255. The number of aliphatic hydroxyl groups is 1. The van der Waals surface area contributed by atoms with Gasteiger partial charge < -0.3 is 14.7 Å². The van der Waals surface area contributed by atoms with Gasteiger partial charge in [0, 0.05) is 29.1 Å². The number of sulfonamides is 1. The normalized spacial score (nSPS) is 29.9. The van der Waals surface area contributed by atoms with Gasteiger partial charge in [-0.15, -0.1) is 0 Å². The first-order chi connectivity index (χ1) is 19.1. The Hall–Kier alpha value is -2.55. The molecular formula is C31H39ClN2O5S. The van der Waals surface area contributed by atoms with Gasteiger partial charge in [-0.1, -0.05) is 36.7 Å². The molecule has 2 aromatic carbocycles. The van der Waals surface area contributed by atoms with Crippen molar-refractivity contribution in [2.75, 3.05) is 18.0 Å². The molecule has 7 nitrogen and oxygen atoms in total. The molecule has 0 aromatic heterocycles. The number of rotatable bonds is 0. The Morgan fingerprint density at radius 1 is 1.12 bits per heavy atom. The number of anilines is 1. The third-order valence-corrected chi connectivity index (χ3v) is 11.1. The van der Waals surface area contributed by atoms with E-state index in [4.69, 9.17) is 16.3 Å². The van der Waals surface area contributed by atoms with E-state index in [9.17, 15) is 18.3 Å². The number of amides is 1. The average Bonchev–Trinajstić information content (AvgIpc) is 2.95. The molecule has 3 aliphatic rings. The van der Waals surface area contributed by atoms with E-state index in [0.717, 1.165) is 49.9 Å². The Labute approximate surface area is 242 Å². The quantitative estimate of drug-likeness (QED) is 0.388. The summed E-state index contributed by atoms with van der Waals surface area (Å²) >= 11 is 6.30. The zero-order chi connectivity index (χ0) is 28.5. The first kappa shape index (κ1) is 29.0. The van der Waals surface area contributed by atoms with Crippen LogP contribution < -0.4 is 14.4 Å². The second kappa shape index (κ2) is 11.7. The van der Waals surface area contributed by atoms with Crippen LogP contribution in [0.3, 0.4) is 0 Å². The summed E-state index contributed by atoms with van der Waals surface area (Å²) in [5.74, 6) is 0.249. The SMILES string of the molecule is C[C@@H]1CC/C=C/[C@H](O)[C@@]2(C)CC[C@@H]2CN2CCCCc3cc(Cl)ccc3COc3ccc(cc32)C(=O)NS1(=O)=O. The Kier molecular flexibility index (Phi) is 8.50. The number of hydrogen-bond acceptors (Lipinski definition) is 6. The molecule has 1 aliphatic carbocycles. The molecule has 0 spiro atoms. The highest BCUT2D eigenvalue weighted by Crippen LogP contribution is 2.50. The van der Waals surface area contributed by atoms with Crippen LogP contribution in [0.15, 0.2) is 48.6 Å². The highest BCUT2D eigenvalue weighted by atomic mass is 35.5. The van der Waals surface area contributed by atoms with Gasteiger partial charge in [-0.25, -0.2) is 13.1 Å². The van der Waals surface area contributed by atoms with Gasteiger partial charge >= 0.3 is 0 Å². The molecule has 40 heavy (non-hydrogen) atoms. The van der Waals surface area contributed by atoms with E-state index in [1.807, 2.05) is 30.4 Å².